The number of hydrogen-bond donors (Lipinski definition) is 0. The van der Waals surface area contributed by atoms with Crippen molar-refractivity contribution in [3.05, 3.63) is 138 Å². The molecular formula is C39H25N3. The molecule has 0 radical (unpaired) electrons. The van der Waals surface area contributed by atoms with E-state index in [1.165, 1.54) is 71.1 Å². The Hall–Kier alpha value is -5.28. The van der Waals surface area contributed by atoms with E-state index in [0.717, 1.165) is 29.6 Å². The molecule has 1 unspecified atom stereocenters. The first kappa shape index (κ1) is 22.4. The quantitative estimate of drug-likeness (QED) is 0.209. The molecule has 42 heavy (non-hydrogen) atoms. The van der Waals surface area contributed by atoms with Gasteiger partial charge in [0.15, 0.2) is 0 Å². The summed E-state index contributed by atoms with van der Waals surface area (Å²) in [5, 5.41) is 8.99. The molecule has 1 aliphatic carbocycles. The lowest BCUT2D eigenvalue weighted by molar-refractivity contribution is 0.690. The molecule has 3 heterocycles. The number of rotatable bonds is 1. The molecule has 0 N–H and O–H groups in total. The molecular weight excluding hydrogens is 510 g/mol. The van der Waals surface area contributed by atoms with Gasteiger partial charge in [-0.25, -0.2) is 9.97 Å². The van der Waals surface area contributed by atoms with Gasteiger partial charge in [-0.2, -0.15) is 0 Å². The number of fused-ring (bicyclic) bond motifs is 13. The van der Waals surface area contributed by atoms with E-state index in [0.29, 0.717) is 0 Å². The Morgan fingerprint density at radius 1 is 0.619 bits per heavy atom. The van der Waals surface area contributed by atoms with Crippen LogP contribution in [0.25, 0.3) is 70.9 Å². The summed E-state index contributed by atoms with van der Waals surface area (Å²) in [6, 6.07) is 42.1. The summed E-state index contributed by atoms with van der Waals surface area (Å²) in [7, 11) is 0. The molecule has 1 atom stereocenters. The van der Waals surface area contributed by atoms with Gasteiger partial charge < -0.3 is 4.40 Å². The molecule has 0 aliphatic heterocycles. The topological polar surface area (TPSA) is 30.2 Å². The molecule has 0 saturated carbocycles. The zero-order valence-corrected chi connectivity index (χ0v) is 22.9. The predicted molar refractivity (Wildman–Crippen MR) is 174 cm³/mol. The van der Waals surface area contributed by atoms with E-state index < -0.39 is 0 Å². The van der Waals surface area contributed by atoms with Crippen LogP contribution < -0.4 is 0 Å². The molecule has 1 aliphatic rings. The van der Waals surface area contributed by atoms with Gasteiger partial charge in [0.05, 0.1) is 22.1 Å². The summed E-state index contributed by atoms with van der Waals surface area (Å²) in [4.78, 5) is 10.3. The second-order valence-electron chi connectivity index (χ2n) is 11.7. The van der Waals surface area contributed by atoms with Crippen LogP contribution in [0, 0.1) is 0 Å². The van der Waals surface area contributed by atoms with Crippen molar-refractivity contribution in [2.75, 3.05) is 0 Å². The predicted octanol–water partition coefficient (Wildman–Crippen LogP) is 9.68. The molecule has 10 rings (SSSR count). The Morgan fingerprint density at radius 3 is 2.21 bits per heavy atom. The minimum absolute atomic E-state index is 0.0628. The van der Waals surface area contributed by atoms with E-state index in [-0.39, 0.29) is 5.92 Å². The molecule has 9 aromatic rings. The van der Waals surface area contributed by atoms with Crippen molar-refractivity contribution in [1.29, 1.82) is 0 Å². The minimum Gasteiger partial charge on any atom is -0.308 e. The molecule has 0 amide bonds. The molecule has 6 aromatic carbocycles. The minimum atomic E-state index is 0.0628. The Kier molecular flexibility index (Phi) is 4.35. The molecule has 0 spiro atoms. The maximum Gasteiger partial charge on any atom is 0.136 e. The summed E-state index contributed by atoms with van der Waals surface area (Å²) < 4.78 is 2.49. The second kappa shape index (κ2) is 8.14. The number of hydrogen-bond acceptors (Lipinski definition) is 2. The third-order valence-corrected chi connectivity index (χ3v) is 9.59. The molecule has 0 saturated heterocycles. The van der Waals surface area contributed by atoms with Crippen LogP contribution in [0.1, 0.15) is 29.3 Å². The van der Waals surface area contributed by atoms with Gasteiger partial charge in [0, 0.05) is 39.0 Å². The molecule has 0 bridgehead atoms. The Bertz CT molecular complexity index is 2540. The summed E-state index contributed by atoms with van der Waals surface area (Å²) in [5.41, 5.74) is 10.3. The molecule has 3 nitrogen and oxygen atoms in total. The standard InChI is InChI=1S/C39H25N3/c1-3-11-25-23(9-1)17-18-27-26(25)19-20-30(39-40-22-24-10-2-6-14-33(24)41-39)36-31(27)21-32-28-12-4-7-15-34(28)42-35-16-8-5-13-29(35)37(36)38(32)42/h1-18,21-22,30H,19-20H2. The highest BCUT2D eigenvalue weighted by Gasteiger charge is 2.32. The number of nitrogens with zero attached hydrogens (tertiary/aromatic N) is 3. The summed E-state index contributed by atoms with van der Waals surface area (Å²) in [5.74, 6) is 0.975. The van der Waals surface area contributed by atoms with Crippen LogP contribution in [0.15, 0.2) is 121 Å². The lowest BCUT2D eigenvalue weighted by Crippen LogP contribution is -2.08. The molecule has 196 valence electrons. The van der Waals surface area contributed by atoms with Crippen LogP contribution in [0.4, 0.5) is 0 Å². The molecule has 3 aromatic heterocycles. The second-order valence-corrected chi connectivity index (χ2v) is 11.7. The van der Waals surface area contributed by atoms with Crippen LogP contribution >= 0.6 is 0 Å². The average Bonchev–Trinajstić information content (AvgIpc) is 3.50. The Balaban J connectivity index is 1.42. The largest absolute Gasteiger partial charge is 0.308 e. The summed E-state index contributed by atoms with van der Waals surface area (Å²) >= 11 is 0. The fourth-order valence-electron chi connectivity index (χ4n) is 7.83. The maximum atomic E-state index is 5.22. The Morgan fingerprint density at radius 2 is 1.33 bits per heavy atom. The fourth-order valence-corrected chi connectivity index (χ4v) is 7.83. The first-order valence-corrected chi connectivity index (χ1v) is 14.8. The van der Waals surface area contributed by atoms with Gasteiger partial charge in [0.1, 0.15) is 5.82 Å². The van der Waals surface area contributed by atoms with Crippen LogP contribution in [-0.4, -0.2) is 14.4 Å². The molecule has 3 heteroatoms. The van der Waals surface area contributed by atoms with Gasteiger partial charge in [-0.15, -0.1) is 0 Å². The lowest BCUT2D eigenvalue weighted by atomic mass is 9.85. The monoisotopic (exact) mass is 535 g/mol. The normalized spacial score (nSPS) is 15.2. The van der Waals surface area contributed by atoms with Crippen molar-refractivity contribution in [2.24, 2.45) is 0 Å². The third-order valence-electron chi connectivity index (χ3n) is 9.59. The van der Waals surface area contributed by atoms with Crippen LogP contribution in [-0.2, 0) is 6.42 Å². The lowest BCUT2D eigenvalue weighted by Gasteiger charge is -2.19. The van der Waals surface area contributed by atoms with Crippen molar-refractivity contribution in [1.82, 2.24) is 14.4 Å². The highest BCUT2D eigenvalue weighted by atomic mass is 14.9. The van der Waals surface area contributed by atoms with Crippen molar-refractivity contribution >= 4 is 59.8 Å². The van der Waals surface area contributed by atoms with Gasteiger partial charge in [-0.3, -0.25) is 0 Å². The third kappa shape index (κ3) is 2.85. The van der Waals surface area contributed by atoms with Gasteiger partial charge >= 0.3 is 0 Å². The van der Waals surface area contributed by atoms with Gasteiger partial charge in [-0.1, -0.05) is 91.0 Å². The van der Waals surface area contributed by atoms with Crippen molar-refractivity contribution in [3.8, 4) is 11.1 Å². The van der Waals surface area contributed by atoms with Crippen molar-refractivity contribution in [2.45, 2.75) is 18.8 Å². The summed E-state index contributed by atoms with van der Waals surface area (Å²) in [6.45, 7) is 0. The first-order chi connectivity index (χ1) is 20.8. The summed E-state index contributed by atoms with van der Waals surface area (Å²) in [6.07, 6.45) is 3.93. The fraction of sp³-hybridized carbons (Fsp3) is 0.0769. The van der Waals surface area contributed by atoms with E-state index >= 15 is 0 Å². The van der Waals surface area contributed by atoms with Crippen LogP contribution in [0.2, 0.25) is 0 Å². The average molecular weight is 536 g/mol. The van der Waals surface area contributed by atoms with Gasteiger partial charge in [-0.05, 0) is 70.1 Å². The van der Waals surface area contributed by atoms with E-state index in [1.807, 2.05) is 6.20 Å². The number of aromatic nitrogens is 3. The first-order valence-electron chi connectivity index (χ1n) is 14.8. The van der Waals surface area contributed by atoms with Crippen molar-refractivity contribution in [3.63, 3.8) is 0 Å². The van der Waals surface area contributed by atoms with E-state index in [2.05, 4.69) is 120 Å². The van der Waals surface area contributed by atoms with E-state index in [1.54, 1.807) is 0 Å². The zero-order chi connectivity index (χ0) is 27.4. The zero-order valence-electron chi connectivity index (χ0n) is 22.9. The maximum absolute atomic E-state index is 5.22. The van der Waals surface area contributed by atoms with Gasteiger partial charge in [0.25, 0.3) is 0 Å². The highest BCUT2D eigenvalue weighted by molar-refractivity contribution is 6.26. The van der Waals surface area contributed by atoms with Crippen molar-refractivity contribution < 1.29 is 0 Å². The van der Waals surface area contributed by atoms with E-state index in [9.17, 15) is 0 Å². The number of benzene rings is 6. The Labute approximate surface area is 242 Å². The number of para-hydroxylation sites is 3. The highest BCUT2D eigenvalue weighted by Crippen LogP contribution is 2.51. The molecule has 0 fully saturated rings. The SMILES string of the molecule is c1ccc2nc(C3CCc4c(ccc5ccccc45)-c4cc5c6ccccc6n6c7ccccc7c(c43)c56)ncc2c1. The van der Waals surface area contributed by atoms with Gasteiger partial charge in [0.2, 0.25) is 0 Å². The van der Waals surface area contributed by atoms with Crippen LogP contribution in [0.5, 0.6) is 0 Å². The smallest absolute Gasteiger partial charge is 0.136 e. The van der Waals surface area contributed by atoms with Crippen LogP contribution in [0.3, 0.4) is 0 Å². The number of aryl methyl sites for hydroxylation is 1. The van der Waals surface area contributed by atoms with E-state index in [4.69, 9.17) is 9.97 Å².